The maximum Gasteiger partial charge on any atom is 0.117 e. The van der Waals surface area contributed by atoms with Crippen molar-refractivity contribution in [3.05, 3.63) is 0 Å². The molecule has 2 N–H and O–H groups in total. The molecule has 2 nitrogen and oxygen atoms in total. The summed E-state index contributed by atoms with van der Waals surface area (Å²) < 4.78 is 11.6. The lowest BCUT2D eigenvalue weighted by Crippen LogP contribution is -2.33. The number of aliphatic hydroxyl groups excluding tert-OH is 1. The van der Waals surface area contributed by atoms with E-state index in [-0.39, 0.29) is 12.6 Å². The summed E-state index contributed by atoms with van der Waals surface area (Å²) in [4.78, 5) is 0. The highest BCUT2D eigenvalue weighted by atomic mass is 19.1. The summed E-state index contributed by atoms with van der Waals surface area (Å²) in [5.41, 5.74) is 0. The molecule has 0 rings (SSSR count). The number of hydrogen-bond donors (Lipinski definition) is 2. The average molecular weight is 145 g/mol. The largest absolute Gasteiger partial charge is 0.389 e. The molecule has 0 saturated heterocycles. The fourth-order valence-corrected chi connectivity index (χ4v) is 0.426. The predicted molar refractivity (Wildman–Crippen MR) is 38.3 cm³/mol. The number of nitrogens with one attached hydrogen (secondary N) is 1. The van der Waals surface area contributed by atoms with E-state index in [1.807, 2.05) is 0 Å². The van der Waals surface area contributed by atoms with Gasteiger partial charge in [-0.2, -0.15) is 0 Å². The van der Waals surface area contributed by atoms with Gasteiger partial charge in [-0.1, -0.05) is 5.92 Å². The molecule has 0 aliphatic rings. The molecular weight excluding hydrogens is 133 g/mol. The van der Waals surface area contributed by atoms with Crippen LogP contribution in [0.3, 0.4) is 0 Å². The van der Waals surface area contributed by atoms with Gasteiger partial charge in [0.1, 0.15) is 6.67 Å². The van der Waals surface area contributed by atoms with E-state index in [4.69, 9.17) is 11.5 Å². The molecule has 0 amide bonds. The number of aliphatic hydroxyl groups is 1. The first-order valence-electron chi connectivity index (χ1n) is 3.14. The lowest BCUT2D eigenvalue weighted by Gasteiger charge is -2.09. The van der Waals surface area contributed by atoms with Crippen molar-refractivity contribution in [1.29, 1.82) is 0 Å². The number of hydrogen-bond acceptors (Lipinski definition) is 2. The number of rotatable bonds is 4. The molecule has 58 valence electrons. The number of terminal acetylenes is 1. The summed E-state index contributed by atoms with van der Waals surface area (Å²) in [5, 5.41) is 11.5. The van der Waals surface area contributed by atoms with Gasteiger partial charge in [0.2, 0.25) is 0 Å². The first-order valence-corrected chi connectivity index (χ1v) is 3.14. The monoisotopic (exact) mass is 145 g/mol. The highest BCUT2D eigenvalue weighted by Gasteiger charge is 2.02. The third-order valence-corrected chi connectivity index (χ3v) is 1.09. The van der Waals surface area contributed by atoms with Gasteiger partial charge in [0.05, 0.1) is 12.1 Å². The summed E-state index contributed by atoms with van der Waals surface area (Å²) >= 11 is 0. The van der Waals surface area contributed by atoms with Crippen molar-refractivity contribution in [2.75, 3.05) is 13.2 Å². The number of halogens is 1. The highest BCUT2D eigenvalue weighted by molar-refractivity contribution is 4.95. The molecule has 0 fully saturated rings. The van der Waals surface area contributed by atoms with Gasteiger partial charge in [0, 0.05) is 6.54 Å². The van der Waals surface area contributed by atoms with Crippen LogP contribution in [0.2, 0.25) is 0 Å². The average Bonchev–Trinajstić information content (AvgIpc) is 1.99. The first kappa shape index (κ1) is 9.41. The molecule has 2 unspecified atom stereocenters. The Morgan fingerprint density at radius 2 is 2.40 bits per heavy atom. The van der Waals surface area contributed by atoms with Crippen molar-refractivity contribution in [3.63, 3.8) is 0 Å². The van der Waals surface area contributed by atoms with E-state index in [2.05, 4.69) is 11.2 Å². The molecule has 0 spiro atoms. The van der Waals surface area contributed by atoms with Crippen molar-refractivity contribution >= 4 is 0 Å². The van der Waals surface area contributed by atoms with Crippen LogP contribution in [0.15, 0.2) is 0 Å². The fraction of sp³-hybridized carbons (Fsp3) is 0.714. The summed E-state index contributed by atoms with van der Waals surface area (Å²) in [6.07, 6.45) is 4.08. The molecule has 0 bridgehead atoms. The van der Waals surface area contributed by atoms with Crippen LogP contribution >= 0.6 is 0 Å². The van der Waals surface area contributed by atoms with Crippen LogP contribution in [-0.2, 0) is 0 Å². The zero-order valence-electron chi connectivity index (χ0n) is 5.97. The van der Waals surface area contributed by atoms with E-state index in [0.29, 0.717) is 0 Å². The quantitative estimate of drug-likeness (QED) is 0.543. The molecule has 3 heteroatoms. The minimum absolute atomic E-state index is 0.110. The third kappa shape index (κ3) is 4.30. The molecule has 0 aliphatic carbocycles. The van der Waals surface area contributed by atoms with E-state index in [1.165, 1.54) is 0 Å². The second-order valence-electron chi connectivity index (χ2n) is 2.10. The predicted octanol–water partition coefficient (Wildman–Crippen LogP) is -0.0719. The van der Waals surface area contributed by atoms with Crippen LogP contribution in [0.25, 0.3) is 0 Å². The molecule has 0 aromatic rings. The van der Waals surface area contributed by atoms with Gasteiger partial charge in [0.25, 0.3) is 0 Å². The van der Waals surface area contributed by atoms with Crippen molar-refractivity contribution in [3.8, 4) is 12.3 Å². The zero-order chi connectivity index (χ0) is 7.98. The van der Waals surface area contributed by atoms with Crippen molar-refractivity contribution in [1.82, 2.24) is 5.32 Å². The number of alkyl halides is 1. The smallest absolute Gasteiger partial charge is 0.117 e. The van der Waals surface area contributed by atoms with Crippen molar-refractivity contribution in [2.45, 2.75) is 19.1 Å². The van der Waals surface area contributed by atoms with Crippen LogP contribution in [0.4, 0.5) is 4.39 Å². The van der Waals surface area contributed by atoms with Gasteiger partial charge in [-0.15, -0.1) is 6.42 Å². The Kier molecular flexibility index (Phi) is 4.91. The van der Waals surface area contributed by atoms with Gasteiger partial charge in [0.15, 0.2) is 0 Å². The Balaban J connectivity index is 3.28. The van der Waals surface area contributed by atoms with Crippen molar-refractivity contribution < 1.29 is 9.50 Å². The Hall–Kier alpha value is -0.590. The van der Waals surface area contributed by atoms with Gasteiger partial charge < -0.3 is 10.4 Å². The Labute approximate surface area is 60.4 Å². The van der Waals surface area contributed by atoms with E-state index in [9.17, 15) is 4.39 Å². The summed E-state index contributed by atoms with van der Waals surface area (Å²) in [5.74, 6) is 2.40. The maximum absolute atomic E-state index is 11.6. The summed E-state index contributed by atoms with van der Waals surface area (Å²) in [6, 6.07) is -0.110. The fourth-order valence-electron chi connectivity index (χ4n) is 0.426. The molecule has 0 aromatic heterocycles. The Bertz CT molecular complexity index is 121. The van der Waals surface area contributed by atoms with Crippen LogP contribution in [0.1, 0.15) is 6.92 Å². The minimum Gasteiger partial charge on any atom is -0.389 e. The summed E-state index contributed by atoms with van der Waals surface area (Å²) in [6.45, 7) is 1.25. The third-order valence-electron chi connectivity index (χ3n) is 1.09. The molecule has 0 aliphatic heterocycles. The Morgan fingerprint density at radius 3 is 2.80 bits per heavy atom. The maximum atomic E-state index is 11.6. The van der Waals surface area contributed by atoms with E-state index >= 15 is 0 Å². The second-order valence-corrected chi connectivity index (χ2v) is 2.10. The molecule has 2 atom stereocenters. The van der Waals surface area contributed by atoms with E-state index < -0.39 is 12.8 Å². The molecule has 10 heavy (non-hydrogen) atoms. The van der Waals surface area contributed by atoms with Crippen LogP contribution in [0, 0.1) is 12.3 Å². The SMILES string of the molecule is C#CC(C)NCC(O)CF. The van der Waals surface area contributed by atoms with Gasteiger partial charge in [-0.3, -0.25) is 0 Å². The van der Waals surface area contributed by atoms with E-state index in [0.717, 1.165) is 0 Å². The van der Waals surface area contributed by atoms with Gasteiger partial charge in [-0.05, 0) is 6.92 Å². The lowest BCUT2D eigenvalue weighted by atomic mass is 10.3. The topological polar surface area (TPSA) is 32.3 Å². The van der Waals surface area contributed by atoms with Crippen LogP contribution in [0.5, 0.6) is 0 Å². The normalized spacial score (nSPS) is 15.8. The first-order chi connectivity index (χ1) is 4.70. The molecule has 0 saturated carbocycles. The van der Waals surface area contributed by atoms with Gasteiger partial charge in [-0.25, -0.2) is 4.39 Å². The van der Waals surface area contributed by atoms with Gasteiger partial charge >= 0.3 is 0 Å². The standard InChI is InChI=1S/C7H12FNO/c1-3-6(2)9-5-7(10)4-8/h1,6-7,9-10H,4-5H2,2H3. The molecular formula is C7H12FNO. The zero-order valence-corrected chi connectivity index (χ0v) is 5.97. The van der Waals surface area contributed by atoms with Crippen LogP contribution in [-0.4, -0.2) is 30.5 Å². The van der Waals surface area contributed by atoms with Crippen LogP contribution < -0.4 is 5.32 Å². The second kappa shape index (κ2) is 5.21. The highest BCUT2D eigenvalue weighted by Crippen LogP contribution is 1.83. The Morgan fingerprint density at radius 1 is 1.80 bits per heavy atom. The lowest BCUT2D eigenvalue weighted by molar-refractivity contribution is 0.137. The van der Waals surface area contributed by atoms with Crippen molar-refractivity contribution in [2.24, 2.45) is 0 Å². The minimum atomic E-state index is -0.934. The van der Waals surface area contributed by atoms with E-state index in [1.54, 1.807) is 6.92 Å². The summed E-state index contributed by atoms with van der Waals surface area (Å²) in [7, 11) is 0. The molecule has 0 heterocycles. The molecule has 0 radical (unpaired) electrons. The molecule has 0 aromatic carbocycles.